The van der Waals surface area contributed by atoms with Crippen LogP contribution in [0.3, 0.4) is 0 Å². The summed E-state index contributed by atoms with van der Waals surface area (Å²) < 4.78 is 82.6. The first-order valence-corrected chi connectivity index (χ1v) is 20.3. The van der Waals surface area contributed by atoms with E-state index in [1.807, 2.05) is 109 Å². The number of benzene rings is 8. The van der Waals surface area contributed by atoms with Gasteiger partial charge in [-0.15, -0.1) is 0 Å². The number of hydrogen-bond donors (Lipinski definition) is 2. The van der Waals surface area contributed by atoms with Crippen molar-refractivity contribution in [3.63, 3.8) is 0 Å². The molecule has 3 nitrogen and oxygen atoms in total. The number of urea groups is 1. The van der Waals surface area contributed by atoms with Crippen LogP contribution < -0.4 is 26.5 Å². The smallest absolute Gasteiger partial charge is 0.308 e. The standard InChI is InChI=1S/C48H33F6N2OP/c49-47(50,51)35-28-36(48(52,53)54)30-37(29-35)55-46(57)56-42-26-24-33-16-10-12-22-40(33)44(42)45-41-23-13-11-17-34(41)25-27-43(45)58(38-18-6-2-7-19-38,39-20-8-3-9-21-39)31-32-14-4-1-5-15-32/h1-30H,31H2,(H-,55,56,57)/p+1. The van der Waals surface area contributed by atoms with Gasteiger partial charge in [0, 0.05) is 16.8 Å². The lowest BCUT2D eigenvalue weighted by atomic mass is 9.92. The zero-order valence-electron chi connectivity index (χ0n) is 30.7. The Bertz CT molecular complexity index is 2680. The van der Waals surface area contributed by atoms with Crippen LogP contribution in [0.25, 0.3) is 32.7 Å². The van der Waals surface area contributed by atoms with Crippen molar-refractivity contribution < 1.29 is 31.1 Å². The fourth-order valence-electron chi connectivity index (χ4n) is 7.71. The highest BCUT2D eigenvalue weighted by Gasteiger charge is 2.48. The summed E-state index contributed by atoms with van der Waals surface area (Å²) in [4.78, 5) is 13.9. The maximum Gasteiger partial charge on any atom is 0.416 e. The molecule has 0 heterocycles. The van der Waals surface area contributed by atoms with E-state index in [9.17, 15) is 31.1 Å². The van der Waals surface area contributed by atoms with E-state index in [4.69, 9.17) is 0 Å². The van der Waals surface area contributed by atoms with Gasteiger partial charge in [-0.2, -0.15) is 26.3 Å². The van der Waals surface area contributed by atoms with Crippen molar-refractivity contribution >= 4 is 62.1 Å². The Hall–Kier alpha value is -6.44. The van der Waals surface area contributed by atoms with Gasteiger partial charge >= 0.3 is 18.4 Å². The number of fused-ring (bicyclic) bond motifs is 2. The molecule has 0 radical (unpaired) electrons. The molecule has 0 aromatic heterocycles. The highest BCUT2D eigenvalue weighted by molar-refractivity contribution is 7.95. The summed E-state index contributed by atoms with van der Waals surface area (Å²) >= 11 is 0. The van der Waals surface area contributed by atoms with E-state index >= 15 is 0 Å². The van der Waals surface area contributed by atoms with Gasteiger partial charge in [0.25, 0.3) is 0 Å². The van der Waals surface area contributed by atoms with Crippen LogP contribution in [0.4, 0.5) is 42.5 Å². The molecule has 0 spiro atoms. The number of alkyl halides is 6. The summed E-state index contributed by atoms with van der Waals surface area (Å²) in [5, 5.41) is 11.9. The molecular formula is C48H34F6N2OP+. The molecule has 8 aromatic rings. The first-order chi connectivity index (χ1) is 27.9. The average molecular weight is 800 g/mol. The quantitative estimate of drug-likeness (QED) is 0.117. The summed E-state index contributed by atoms with van der Waals surface area (Å²) in [6, 6.07) is 54.5. The molecule has 0 saturated heterocycles. The Labute approximate surface area is 331 Å². The van der Waals surface area contributed by atoms with Crippen LogP contribution in [0.2, 0.25) is 0 Å². The lowest BCUT2D eigenvalue weighted by Gasteiger charge is -2.31. The lowest BCUT2D eigenvalue weighted by Crippen LogP contribution is -2.34. The molecular weight excluding hydrogens is 766 g/mol. The van der Waals surface area contributed by atoms with Gasteiger partial charge in [-0.3, -0.25) is 0 Å². The third-order valence-electron chi connectivity index (χ3n) is 10.2. The van der Waals surface area contributed by atoms with Crippen molar-refractivity contribution in [1.29, 1.82) is 0 Å². The van der Waals surface area contributed by atoms with E-state index in [1.165, 1.54) is 0 Å². The summed E-state index contributed by atoms with van der Waals surface area (Å²) in [7, 11) is -2.65. The zero-order chi connectivity index (χ0) is 40.5. The van der Waals surface area contributed by atoms with Crippen molar-refractivity contribution in [3.05, 3.63) is 199 Å². The Kier molecular flexibility index (Phi) is 10.3. The van der Waals surface area contributed by atoms with Gasteiger partial charge in [-0.25, -0.2) is 4.79 Å². The number of hydrogen-bond acceptors (Lipinski definition) is 1. The molecule has 0 unspecified atom stereocenters. The molecule has 0 bridgehead atoms. The molecule has 0 aliphatic rings. The molecule has 8 rings (SSSR count). The highest BCUT2D eigenvalue weighted by Crippen LogP contribution is 2.61. The topological polar surface area (TPSA) is 41.1 Å². The Morgan fingerprint density at radius 2 is 0.948 bits per heavy atom. The molecule has 10 heteroatoms. The number of rotatable bonds is 8. The largest absolute Gasteiger partial charge is 0.416 e. The fraction of sp³-hybridized carbons (Fsp3) is 0.0625. The maximum absolute atomic E-state index is 13.9. The van der Waals surface area contributed by atoms with Gasteiger partial charge in [-0.1, -0.05) is 127 Å². The van der Waals surface area contributed by atoms with Crippen LogP contribution in [-0.4, -0.2) is 6.03 Å². The van der Waals surface area contributed by atoms with Crippen LogP contribution in [0, 0.1) is 0 Å². The molecule has 0 saturated carbocycles. The summed E-state index contributed by atoms with van der Waals surface area (Å²) in [5.74, 6) is 0. The van der Waals surface area contributed by atoms with Gasteiger partial charge < -0.3 is 10.6 Å². The molecule has 2 N–H and O–H groups in total. The summed E-state index contributed by atoms with van der Waals surface area (Å²) in [6.45, 7) is 0. The lowest BCUT2D eigenvalue weighted by molar-refractivity contribution is -0.143. The molecule has 0 aliphatic carbocycles. The SMILES string of the molecule is O=C(Nc1cc(C(F)(F)F)cc(C(F)(F)F)c1)Nc1ccc2ccccc2c1-c1c([P+](Cc2ccccc2)(c2ccccc2)c2ccccc2)ccc2ccccc12. The third kappa shape index (κ3) is 7.53. The fourth-order valence-corrected chi connectivity index (χ4v) is 12.2. The van der Waals surface area contributed by atoms with Crippen molar-refractivity contribution in [1.82, 2.24) is 0 Å². The minimum atomic E-state index is -5.09. The van der Waals surface area contributed by atoms with Crippen molar-refractivity contribution in [2.45, 2.75) is 18.5 Å². The predicted molar refractivity (Wildman–Crippen MR) is 225 cm³/mol. The molecule has 288 valence electrons. The molecule has 58 heavy (non-hydrogen) atoms. The first-order valence-electron chi connectivity index (χ1n) is 18.4. The Morgan fingerprint density at radius 1 is 0.483 bits per heavy atom. The number of anilines is 2. The third-order valence-corrected chi connectivity index (χ3v) is 14.6. The number of halogens is 6. The van der Waals surface area contributed by atoms with Gasteiger partial charge in [0.1, 0.15) is 23.2 Å². The van der Waals surface area contributed by atoms with E-state index in [1.54, 1.807) is 6.07 Å². The van der Waals surface area contributed by atoms with Gasteiger partial charge in [0.05, 0.1) is 23.0 Å². The van der Waals surface area contributed by atoms with E-state index in [0.29, 0.717) is 29.5 Å². The Morgan fingerprint density at radius 3 is 1.48 bits per heavy atom. The minimum Gasteiger partial charge on any atom is -0.308 e. The van der Waals surface area contributed by atoms with E-state index in [2.05, 4.69) is 59.2 Å². The molecule has 0 atom stereocenters. The number of carbonyl (C=O) groups is 1. The minimum absolute atomic E-state index is 0.0246. The summed E-state index contributed by atoms with van der Waals surface area (Å²) in [6.07, 6.45) is -9.52. The second-order valence-electron chi connectivity index (χ2n) is 13.9. The first kappa shape index (κ1) is 38.4. The number of nitrogens with one attached hydrogen (secondary N) is 2. The van der Waals surface area contributed by atoms with Crippen LogP contribution in [0.1, 0.15) is 16.7 Å². The monoisotopic (exact) mass is 799 g/mol. The Balaban J connectivity index is 1.39. The van der Waals surface area contributed by atoms with Crippen molar-refractivity contribution in [3.8, 4) is 11.1 Å². The number of carbonyl (C=O) groups excluding carboxylic acids is 1. The van der Waals surface area contributed by atoms with E-state index in [-0.39, 0.29) is 6.07 Å². The van der Waals surface area contributed by atoms with Crippen LogP contribution in [0.5, 0.6) is 0 Å². The van der Waals surface area contributed by atoms with Gasteiger partial charge in [0.15, 0.2) is 0 Å². The van der Waals surface area contributed by atoms with Crippen LogP contribution in [0.15, 0.2) is 182 Å². The van der Waals surface area contributed by atoms with Crippen molar-refractivity contribution in [2.75, 3.05) is 10.6 Å². The van der Waals surface area contributed by atoms with Gasteiger partial charge in [0.2, 0.25) is 0 Å². The van der Waals surface area contributed by atoms with Crippen LogP contribution >= 0.6 is 7.26 Å². The second kappa shape index (κ2) is 15.5. The molecule has 0 fully saturated rings. The van der Waals surface area contributed by atoms with Crippen LogP contribution in [-0.2, 0) is 18.5 Å². The zero-order valence-corrected chi connectivity index (χ0v) is 31.5. The normalized spacial score (nSPS) is 12.1. The van der Waals surface area contributed by atoms with E-state index < -0.39 is 42.5 Å². The van der Waals surface area contributed by atoms with Gasteiger partial charge in [-0.05, 0) is 81.7 Å². The predicted octanol–water partition coefficient (Wildman–Crippen LogP) is 12.8. The summed E-state index contributed by atoms with van der Waals surface area (Å²) in [5.41, 5.74) is -0.790. The molecule has 8 aromatic carbocycles. The maximum atomic E-state index is 13.9. The average Bonchev–Trinajstić information content (AvgIpc) is 3.23. The molecule has 2 amide bonds. The van der Waals surface area contributed by atoms with E-state index in [0.717, 1.165) is 48.6 Å². The second-order valence-corrected chi connectivity index (χ2v) is 17.3. The highest BCUT2D eigenvalue weighted by atomic mass is 31.2. The number of amides is 2. The van der Waals surface area contributed by atoms with Crippen molar-refractivity contribution in [2.24, 2.45) is 0 Å². The molecule has 0 aliphatic heterocycles.